The molecule has 4 heterocycles. The maximum absolute atomic E-state index is 14.8. The summed E-state index contributed by atoms with van der Waals surface area (Å²) in [6.07, 6.45) is 5.11. The van der Waals surface area contributed by atoms with Gasteiger partial charge in [-0.25, -0.2) is 28.7 Å². The minimum Gasteiger partial charge on any atom is -0.367 e. The van der Waals surface area contributed by atoms with Crippen LogP contribution in [0.25, 0.3) is 22.5 Å². The minimum absolute atomic E-state index is 0.0616. The molecular formula is C25H21F2N5O2. The van der Waals surface area contributed by atoms with E-state index in [1.807, 2.05) is 19.1 Å². The van der Waals surface area contributed by atoms with Gasteiger partial charge in [-0.3, -0.25) is 9.20 Å². The summed E-state index contributed by atoms with van der Waals surface area (Å²) < 4.78 is 35.7. The largest absolute Gasteiger partial charge is 0.367 e. The van der Waals surface area contributed by atoms with Crippen molar-refractivity contribution in [3.05, 3.63) is 93.2 Å². The topological polar surface area (TPSA) is 82.3 Å². The molecule has 5 rings (SSSR count). The highest BCUT2D eigenvalue weighted by atomic mass is 19.1. The molecule has 0 saturated heterocycles. The van der Waals surface area contributed by atoms with Crippen molar-refractivity contribution in [2.75, 3.05) is 6.61 Å². The van der Waals surface area contributed by atoms with Crippen LogP contribution >= 0.6 is 0 Å². The van der Waals surface area contributed by atoms with Crippen LogP contribution in [0.4, 0.5) is 8.78 Å². The van der Waals surface area contributed by atoms with Gasteiger partial charge in [-0.2, -0.15) is 0 Å². The highest BCUT2D eigenvalue weighted by Gasteiger charge is 2.22. The predicted molar refractivity (Wildman–Crippen MR) is 122 cm³/mol. The minimum atomic E-state index is -0.783. The van der Waals surface area contributed by atoms with E-state index in [-0.39, 0.29) is 22.5 Å². The number of ether oxygens (including phenoxy) is 1. The van der Waals surface area contributed by atoms with Gasteiger partial charge in [-0.05, 0) is 57.0 Å². The second kappa shape index (κ2) is 8.49. The van der Waals surface area contributed by atoms with Gasteiger partial charge in [0.25, 0.3) is 5.56 Å². The highest BCUT2D eigenvalue weighted by Crippen LogP contribution is 2.32. The Bertz CT molecular complexity index is 1530. The number of aromatic nitrogens is 5. The summed E-state index contributed by atoms with van der Waals surface area (Å²) in [5.74, 6) is -1.48. The molecule has 172 valence electrons. The summed E-state index contributed by atoms with van der Waals surface area (Å²) in [4.78, 5) is 30.8. The molecule has 1 aliphatic rings. The summed E-state index contributed by atoms with van der Waals surface area (Å²) in [6.45, 7) is 5.69. The Balaban J connectivity index is 1.74. The fourth-order valence-corrected chi connectivity index (χ4v) is 3.98. The van der Waals surface area contributed by atoms with Crippen molar-refractivity contribution in [2.45, 2.75) is 33.3 Å². The number of hydrogen-bond donors (Lipinski definition) is 0. The molecule has 1 atom stereocenters. The van der Waals surface area contributed by atoms with Crippen molar-refractivity contribution in [3.8, 4) is 11.3 Å². The SMILES string of the molecule is Cc1cc(C2C=C(c3cn4c(=O)c(C)c(C)nc4c(-c4ccc(F)cc4F)n3)CCO2)ncn1. The maximum atomic E-state index is 14.8. The number of nitrogens with zero attached hydrogens (tertiary/aromatic N) is 5. The number of fused-ring (bicyclic) bond motifs is 1. The first-order valence-electron chi connectivity index (χ1n) is 10.8. The van der Waals surface area contributed by atoms with E-state index in [4.69, 9.17) is 9.72 Å². The highest BCUT2D eigenvalue weighted by molar-refractivity contribution is 5.77. The number of benzene rings is 1. The second-order valence-electron chi connectivity index (χ2n) is 8.24. The third-order valence-corrected chi connectivity index (χ3v) is 5.93. The van der Waals surface area contributed by atoms with E-state index >= 15 is 0 Å². The van der Waals surface area contributed by atoms with Gasteiger partial charge in [0, 0.05) is 34.8 Å². The number of hydrogen-bond acceptors (Lipinski definition) is 6. The van der Waals surface area contributed by atoms with Crippen molar-refractivity contribution in [1.29, 1.82) is 0 Å². The molecule has 0 spiro atoms. The van der Waals surface area contributed by atoms with Crippen molar-refractivity contribution in [3.63, 3.8) is 0 Å². The molecule has 34 heavy (non-hydrogen) atoms. The van der Waals surface area contributed by atoms with E-state index < -0.39 is 17.7 Å². The molecule has 1 aromatic carbocycles. The van der Waals surface area contributed by atoms with E-state index in [2.05, 4.69) is 15.0 Å². The Hall–Kier alpha value is -3.85. The molecule has 0 N–H and O–H groups in total. The zero-order chi connectivity index (χ0) is 24.0. The van der Waals surface area contributed by atoms with Crippen LogP contribution in [-0.2, 0) is 4.74 Å². The molecular weight excluding hydrogens is 440 g/mol. The van der Waals surface area contributed by atoms with Crippen LogP contribution in [0, 0.1) is 32.4 Å². The summed E-state index contributed by atoms with van der Waals surface area (Å²) in [6, 6.07) is 5.10. The smallest absolute Gasteiger partial charge is 0.261 e. The molecule has 0 amide bonds. The van der Waals surface area contributed by atoms with Gasteiger partial charge in [0.15, 0.2) is 5.65 Å². The van der Waals surface area contributed by atoms with Gasteiger partial charge >= 0.3 is 0 Å². The van der Waals surface area contributed by atoms with E-state index in [1.54, 1.807) is 20.0 Å². The van der Waals surface area contributed by atoms with Gasteiger partial charge in [0.1, 0.15) is 29.8 Å². The Labute approximate surface area is 193 Å². The van der Waals surface area contributed by atoms with Crippen LogP contribution < -0.4 is 5.56 Å². The Kier molecular flexibility index (Phi) is 5.49. The first-order chi connectivity index (χ1) is 16.3. The van der Waals surface area contributed by atoms with Crippen molar-refractivity contribution < 1.29 is 13.5 Å². The van der Waals surface area contributed by atoms with Crippen LogP contribution in [0.1, 0.15) is 40.9 Å². The first kappa shape index (κ1) is 22.0. The van der Waals surface area contributed by atoms with Crippen LogP contribution in [0.15, 0.2) is 47.7 Å². The van der Waals surface area contributed by atoms with Crippen molar-refractivity contribution >= 4 is 11.2 Å². The quantitative estimate of drug-likeness (QED) is 0.453. The maximum Gasteiger partial charge on any atom is 0.261 e. The Morgan fingerprint density at radius 1 is 1.09 bits per heavy atom. The average molecular weight is 461 g/mol. The van der Waals surface area contributed by atoms with Gasteiger partial charge in [0.05, 0.1) is 18.0 Å². The van der Waals surface area contributed by atoms with Gasteiger partial charge < -0.3 is 4.74 Å². The summed E-state index contributed by atoms with van der Waals surface area (Å²) in [7, 11) is 0. The fraction of sp³-hybridized carbons (Fsp3) is 0.240. The molecule has 3 aromatic heterocycles. The molecule has 0 fully saturated rings. The number of halogens is 2. The van der Waals surface area contributed by atoms with Crippen molar-refractivity contribution in [1.82, 2.24) is 24.3 Å². The van der Waals surface area contributed by atoms with Crippen LogP contribution in [0.2, 0.25) is 0 Å². The lowest BCUT2D eigenvalue weighted by atomic mass is 10.0. The van der Waals surface area contributed by atoms with E-state index in [1.165, 1.54) is 16.8 Å². The lowest BCUT2D eigenvalue weighted by molar-refractivity contribution is 0.0796. The molecule has 9 heteroatoms. The summed E-state index contributed by atoms with van der Waals surface area (Å²) in [5, 5.41) is 0. The summed E-state index contributed by atoms with van der Waals surface area (Å²) >= 11 is 0. The van der Waals surface area contributed by atoms with Crippen LogP contribution in [0.3, 0.4) is 0 Å². The van der Waals surface area contributed by atoms with E-state index in [0.717, 1.165) is 23.4 Å². The number of rotatable bonds is 3. The molecule has 4 aromatic rings. The number of aryl methyl sites for hydroxylation is 2. The van der Waals surface area contributed by atoms with Gasteiger partial charge in [0.2, 0.25) is 0 Å². The lowest BCUT2D eigenvalue weighted by Gasteiger charge is -2.22. The van der Waals surface area contributed by atoms with Gasteiger partial charge in [-0.15, -0.1) is 0 Å². The normalized spacial score (nSPS) is 16.0. The molecule has 0 radical (unpaired) electrons. The molecule has 0 bridgehead atoms. The standard InChI is InChI=1S/C25H21F2N5O2/c1-13-8-20(29-12-28-13)22-9-16(6-7-34-22)21-11-32-24(30-15(3)14(2)25(32)33)23(31-21)18-5-4-17(26)10-19(18)27/h4-5,8-12,22H,6-7H2,1-3H3. The van der Waals surface area contributed by atoms with Crippen LogP contribution in [0.5, 0.6) is 0 Å². The van der Waals surface area contributed by atoms with Crippen molar-refractivity contribution in [2.24, 2.45) is 0 Å². The predicted octanol–water partition coefficient (Wildman–Crippen LogP) is 4.29. The van der Waals surface area contributed by atoms with Crippen LogP contribution in [-0.4, -0.2) is 30.9 Å². The average Bonchev–Trinajstić information content (AvgIpc) is 2.82. The monoisotopic (exact) mass is 461 g/mol. The zero-order valence-electron chi connectivity index (χ0n) is 18.8. The molecule has 1 aliphatic heterocycles. The summed E-state index contributed by atoms with van der Waals surface area (Å²) in [5.41, 5.74) is 3.99. The van der Waals surface area contributed by atoms with E-state index in [9.17, 15) is 13.6 Å². The van der Waals surface area contributed by atoms with Gasteiger partial charge in [-0.1, -0.05) is 0 Å². The molecule has 1 unspecified atom stereocenters. The Morgan fingerprint density at radius 2 is 1.91 bits per heavy atom. The zero-order valence-corrected chi connectivity index (χ0v) is 18.8. The third kappa shape index (κ3) is 3.88. The Morgan fingerprint density at radius 3 is 2.68 bits per heavy atom. The third-order valence-electron chi connectivity index (χ3n) is 5.93. The first-order valence-corrected chi connectivity index (χ1v) is 10.8. The molecule has 0 aliphatic carbocycles. The molecule has 0 saturated carbocycles. The lowest BCUT2D eigenvalue weighted by Crippen LogP contribution is -2.21. The fourth-order valence-electron chi connectivity index (χ4n) is 3.98. The molecule has 7 nitrogen and oxygen atoms in total. The van der Waals surface area contributed by atoms with E-state index in [0.29, 0.717) is 35.7 Å². The second-order valence-corrected chi connectivity index (χ2v) is 8.24.